The van der Waals surface area contributed by atoms with Crippen LogP contribution in [0.5, 0.6) is 0 Å². The third-order valence-electron chi connectivity index (χ3n) is 5.16. The normalized spacial score (nSPS) is 14.9. The Kier molecular flexibility index (Phi) is 8.10. The molecule has 1 N–H and O–H groups in total. The molecule has 1 aromatic heterocycles. The highest BCUT2D eigenvalue weighted by atomic mass is 32.2. The minimum absolute atomic E-state index is 0.0165. The number of carbonyl (C=O) groups is 1. The molecule has 7 heteroatoms. The Bertz CT molecular complexity index is 849. The lowest BCUT2D eigenvalue weighted by Crippen LogP contribution is -2.44. The third kappa shape index (κ3) is 6.44. The molecule has 6 nitrogen and oxygen atoms in total. The van der Waals surface area contributed by atoms with Crippen LogP contribution in [0.25, 0.3) is 0 Å². The van der Waals surface area contributed by atoms with E-state index in [-0.39, 0.29) is 5.91 Å². The topological polar surface area (TPSA) is 61.4 Å². The summed E-state index contributed by atoms with van der Waals surface area (Å²) in [7, 11) is 2.16. The van der Waals surface area contributed by atoms with Gasteiger partial charge in [0.1, 0.15) is 5.82 Å². The maximum absolute atomic E-state index is 12.4. The van der Waals surface area contributed by atoms with Crippen LogP contribution in [0.2, 0.25) is 0 Å². The number of aromatic nitrogens is 2. The largest absolute Gasteiger partial charge is 0.354 e. The summed E-state index contributed by atoms with van der Waals surface area (Å²) in [6, 6.07) is 9.95. The number of amides is 1. The van der Waals surface area contributed by atoms with Crippen LogP contribution >= 0.6 is 11.8 Å². The first kappa shape index (κ1) is 22.6. The predicted molar refractivity (Wildman–Crippen MR) is 124 cm³/mol. The molecular formula is C23H33N5OS. The van der Waals surface area contributed by atoms with Crippen LogP contribution in [0.15, 0.2) is 35.5 Å². The number of hydrogen-bond acceptors (Lipinski definition) is 6. The molecule has 0 bridgehead atoms. The number of hydrogen-bond donors (Lipinski definition) is 1. The van der Waals surface area contributed by atoms with E-state index in [4.69, 9.17) is 9.97 Å². The van der Waals surface area contributed by atoms with Crippen molar-refractivity contribution in [3.63, 3.8) is 0 Å². The van der Waals surface area contributed by atoms with Crippen molar-refractivity contribution < 1.29 is 4.79 Å². The number of likely N-dealkylation sites (N-methyl/N-ethyl adjacent to an activating group) is 1. The van der Waals surface area contributed by atoms with Crippen LogP contribution < -0.4 is 10.2 Å². The lowest BCUT2D eigenvalue weighted by atomic mass is 10.1. The lowest BCUT2D eigenvalue weighted by molar-refractivity contribution is 0.0949. The van der Waals surface area contributed by atoms with Crippen LogP contribution in [0.1, 0.15) is 42.4 Å². The maximum atomic E-state index is 12.4. The standard InChI is InChI=1S/C23H33N5OS/c1-5-20-14-21(28-11-9-27(4)10-12-28)26-23(25-20)30-16-18-7-6-8-19(13-18)22(29)24-15-17(2)3/h6-8,13-14,17H,5,9-12,15-16H2,1-4H3,(H,24,29). The number of piperazine rings is 1. The minimum atomic E-state index is -0.0165. The molecular weight excluding hydrogens is 394 g/mol. The van der Waals surface area contributed by atoms with Crippen molar-refractivity contribution in [2.45, 2.75) is 38.1 Å². The average Bonchev–Trinajstić information content (AvgIpc) is 2.76. The monoisotopic (exact) mass is 427 g/mol. The van der Waals surface area contributed by atoms with E-state index in [1.54, 1.807) is 11.8 Å². The molecule has 0 spiro atoms. The van der Waals surface area contributed by atoms with E-state index in [9.17, 15) is 4.79 Å². The SMILES string of the molecule is CCc1cc(N2CCN(C)CC2)nc(SCc2cccc(C(=O)NCC(C)C)c2)n1. The molecule has 0 radical (unpaired) electrons. The highest BCUT2D eigenvalue weighted by Crippen LogP contribution is 2.24. The smallest absolute Gasteiger partial charge is 0.251 e. The number of carbonyl (C=O) groups excluding carboxylic acids is 1. The summed E-state index contributed by atoms with van der Waals surface area (Å²) < 4.78 is 0. The second-order valence-corrected chi connectivity index (χ2v) is 9.18. The fourth-order valence-electron chi connectivity index (χ4n) is 3.25. The first-order chi connectivity index (χ1) is 14.4. The number of benzene rings is 1. The van der Waals surface area contributed by atoms with Gasteiger partial charge in [-0.15, -0.1) is 0 Å². The predicted octanol–water partition coefficient (Wildman–Crippen LogP) is 3.47. The van der Waals surface area contributed by atoms with Gasteiger partial charge in [-0.05, 0) is 37.1 Å². The quantitative estimate of drug-likeness (QED) is 0.514. The Morgan fingerprint density at radius 2 is 1.93 bits per heavy atom. The zero-order valence-electron chi connectivity index (χ0n) is 18.5. The van der Waals surface area contributed by atoms with Gasteiger partial charge < -0.3 is 15.1 Å². The number of thioether (sulfide) groups is 1. The second-order valence-electron chi connectivity index (χ2n) is 8.24. The first-order valence-corrected chi connectivity index (χ1v) is 11.7. The molecule has 162 valence electrons. The highest BCUT2D eigenvalue weighted by molar-refractivity contribution is 7.98. The van der Waals surface area contributed by atoms with Crippen LogP contribution in [0, 0.1) is 5.92 Å². The Hall–Kier alpha value is -2.12. The summed E-state index contributed by atoms with van der Waals surface area (Å²) >= 11 is 1.63. The Labute approximate surface area is 184 Å². The van der Waals surface area contributed by atoms with Crippen molar-refractivity contribution >= 4 is 23.5 Å². The van der Waals surface area contributed by atoms with Crippen LogP contribution in [-0.4, -0.2) is 60.5 Å². The number of aryl methyl sites for hydroxylation is 1. The van der Waals surface area contributed by atoms with Crippen LogP contribution in [0.3, 0.4) is 0 Å². The summed E-state index contributed by atoms with van der Waals surface area (Å²) in [5, 5.41) is 3.79. The van der Waals surface area contributed by atoms with Crippen molar-refractivity contribution in [3.05, 3.63) is 47.2 Å². The molecule has 0 aliphatic carbocycles. The molecule has 1 saturated heterocycles. The average molecular weight is 428 g/mol. The van der Waals surface area contributed by atoms with Gasteiger partial charge in [-0.1, -0.05) is 44.7 Å². The maximum Gasteiger partial charge on any atom is 0.251 e. The molecule has 0 saturated carbocycles. The van der Waals surface area contributed by atoms with E-state index in [2.05, 4.69) is 55.1 Å². The van der Waals surface area contributed by atoms with Gasteiger partial charge in [-0.3, -0.25) is 4.79 Å². The molecule has 0 atom stereocenters. The molecule has 1 aliphatic rings. The minimum Gasteiger partial charge on any atom is -0.354 e. The van der Waals surface area contributed by atoms with Gasteiger partial charge in [0.05, 0.1) is 0 Å². The van der Waals surface area contributed by atoms with E-state index in [1.807, 2.05) is 18.2 Å². The fourth-order valence-corrected chi connectivity index (χ4v) is 4.07. The molecule has 1 fully saturated rings. The third-order valence-corrected chi connectivity index (χ3v) is 6.08. The van der Waals surface area contributed by atoms with Gasteiger partial charge in [0.2, 0.25) is 0 Å². The lowest BCUT2D eigenvalue weighted by Gasteiger charge is -2.33. The summed E-state index contributed by atoms with van der Waals surface area (Å²) in [5.41, 5.74) is 2.88. The Morgan fingerprint density at radius 3 is 2.63 bits per heavy atom. The van der Waals surface area contributed by atoms with Crippen LogP contribution in [0.4, 0.5) is 5.82 Å². The number of nitrogens with one attached hydrogen (secondary N) is 1. The number of nitrogens with zero attached hydrogens (tertiary/aromatic N) is 4. The van der Waals surface area contributed by atoms with Crippen LogP contribution in [-0.2, 0) is 12.2 Å². The molecule has 30 heavy (non-hydrogen) atoms. The van der Waals surface area contributed by atoms with Gasteiger partial charge >= 0.3 is 0 Å². The molecule has 3 rings (SSSR count). The van der Waals surface area contributed by atoms with E-state index >= 15 is 0 Å². The summed E-state index contributed by atoms with van der Waals surface area (Å²) in [4.78, 5) is 26.6. The van der Waals surface area contributed by atoms with Crippen molar-refractivity contribution in [1.82, 2.24) is 20.2 Å². The fraction of sp³-hybridized carbons (Fsp3) is 0.522. The first-order valence-electron chi connectivity index (χ1n) is 10.8. The number of rotatable bonds is 8. The molecule has 0 unspecified atom stereocenters. The molecule has 1 aromatic carbocycles. The van der Waals surface area contributed by atoms with Gasteiger partial charge in [-0.2, -0.15) is 0 Å². The zero-order chi connectivity index (χ0) is 21.5. The highest BCUT2D eigenvalue weighted by Gasteiger charge is 2.17. The zero-order valence-corrected chi connectivity index (χ0v) is 19.3. The van der Waals surface area contributed by atoms with Gasteiger partial charge in [0.25, 0.3) is 5.91 Å². The summed E-state index contributed by atoms with van der Waals surface area (Å²) in [6.07, 6.45) is 0.891. The summed E-state index contributed by atoms with van der Waals surface area (Å²) in [6.45, 7) is 11.1. The molecule has 1 amide bonds. The van der Waals surface area contributed by atoms with Crippen molar-refractivity contribution in [2.75, 3.05) is 44.7 Å². The molecule has 2 aromatic rings. The van der Waals surface area contributed by atoms with Gasteiger partial charge in [0.15, 0.2) is 5.16 Å². The molecule has 1 aliphatic heterocycles. The van der Waals surface area contributed by atoms with Gasteiger partial charge in [-0.25, -0.2) is 9.97 Å². The summed E-state index contributed by atoms with van der Waals surface area (Å²) in [5.74, 6) is 2.18. The Morgan fingerprint density at radius 1 is 1.17 bits per heavy atom. The second kappa shape index (κ2) is 10.8. The number of anilines is 1. The van der Waals surface area contributed by atoms with Crippen molar-refractivity contribution in [2.24, 2.45) is 5.92 Å². The molecule has 2 heterocycles. The van der Waals surface area contributed by atoms with Crippen molar-refractivity contribution in [1.29, 1.82) is 0 Å². The van der Waals surface area contributed by atoms with Gasteiger partial charge in [0, 0.05) is 55.8 Å². The van der Waals surface area contributed by atoms with E-state index < -0.39 is 0 Å². The van der Waals surface area contributed by atoms with E-state index in [0.717, 1.165) is 60.6 Å². The van der Waals surface area contributed by atoms with E-state index in [1.165, 1.54) is 0 Å². The van der Waals surface area contributed by atoms with Crippen molar-refractivity contribution in [3.8, 4) is 0 Å². The van der Waals surface area contributed by atoms with E-state index in [0.29, 0.717) is 18.0 Å². The Balaban J connectivity index is 1.67.